The normalized spacial score (nSPS) is 12.4. The average Bonchev–Trinajstić information content (AvgIpc) is 2.64. The van der Waals surface area contributed by atoms with E-state index in [9.17, 15) is 5.11 Å². The van der Waals surface area contributed by atoms with Crippen LogP contribution in [-0.4, -0.2) is 36.2 Å². The minimum atomic E-state index is -0.624. The summed E-state index contributed by atoms with van der Waals surface area (Å²) in [5, 5.41) is 17.0. The lowest BCUT2D eigenvalue weighted by Gasteiger charge is -2.19. The van der Waals surface area contributed by atoms with Crippen LogP contribution in [0, 0.1) is 6.92 Å². The molecule has 2 aromatic carbocycles. The summed E-state index contributed by atoms with van der Waals surface area (Å²) >= 11 is 0. The molecule has 0 spiro atoms. The van der Waals surface area contributed by atoms with E-state index in [2.05, 4.69) is 36.3 Å². The van der Waals surface area contributed by atoms with Crippen molar-refractivity contribution in [1.82, 2.24) is 10.2 Å². The lowest BCUT2D eigenvalue weighted by molar-refractivity contribution is 0.137. The summed E-state index contributed by atoms with van der Waals surface area (Å²) in [6.45, 7) is 10.4. The van der Waals surface area contributed by atoms with Crippen molar-refractivity contribution < 1.29 is 5.11 Å². The fourth-order valence-electron chi connectivity index (χ4n) is 2.87. The van der Waals surface area contributed by atoms with Crippen LogP contribution in [-0.2, 0) is 0 Å². The van der Waals surface area contributed by atoms with Gasteiger partial charge in [0.15, 0.2) is 0 Å². The maximum absolute atomic E-state index is 10.4. The zero-order chi connectivity index (χ0) is 18.1. The Bertz CT molecular complexity index is 626. The quantitative estimate of drug-likeness (QED) is 0.451. The van der Waals surface area contributed by atoms with Crippen molar-refractivity contribution >= 4 is 11.4 Å². The number of nitrogens with one attached hydrogen (secondary N) is 2. The predicted molar refractivity (Wildman–Crippen MR) is 106 cm³/mol. The summed E-state index contributed by atoms with van der Waals surface area (Å²) in [5.41, 5.74) is 4.14. The molecule has 136 valence electrons. The molecule has 25 heavy (non-hydrogen) atoms. The van der Waals surface area contributed by atoms with Crippen LogP contribution >= 0.6 is 0 Å². The third-order valence-electron chi connectivity index (χ3n) is 4.50. The van der Waals surface area contributed by atoms with Crippen molar-refractivity contribution in [2.75, 3.05) is 31.5 Å². The molecule has 1 unspecified atom stereocenters. The Labute approximate surface area is 151 Å². The van der Waals surface area contributed by atoms with Crippen molar-refractivity contribution in [3.63, 3.8) is 0 Å². The van der Waals surface area contributed by atoms with Crippen LogP contribution in [0.5, 0.6) is 0 Å². The molecule has 0 saturated heterocycles. The topological polar surface area (TPSA) is 47.5 Å². The van der Waals surface area contributed by atoms with E-state index in [-0.39, 0.29) is 0 Å². The van der Waals surface area contributed by atoms with E-state index in [1.807, 2.05) is 48.5 Å². The highest BCUT2D eigenvalue weighted by Crippen LogP contribution is 2.23. The van der Waals surface area contributed by atoms with E-state index in [1.54, 1.807) is 0 Å². The van der Waals surface area contributed by atoms with Gasteiger partial charge in [-0.3, -0.25) is 5.32 Å². The summed E-state index contributed by atoms with van der Waals surface area (Å²) in [6.07, 6.45) is 0.409. The monoisotopic (exact) mass is 341 g/mol. The lowest BCUT2D eigenvalue weighted by atomic mass is 10.1. The van der Waals surface area contributed by atoms with Crippen molar-refractivity contribution in [1.29, 1.82) is 0 Å². The Morgan fingerprint density at radius 3 is 2.40 bits per heavy atom. The number of aliphatic hydroxyl groups excluding tert-OH is 1. The maximum Gasteiger partial charge on any atom is 0.131 e. The molecule has 4 heteroatoms. The molecule has 1 atom stereocenters. The molecular formula is C21H31N3O. The van der Waals surface area contributed by atoms with Gasteiger partial charge < -0.3 is 15.3 Å². The van der Waals surface area contributed by atoms with Crippen LogP contribution in [0.1, 0.15) is 37.6 Å². The van der Waals surface area contributed by atoms with Crippen molar-refractivity contribution in [3.8, 4) is 0 Å². The van der Waals surface area contributed by atoms with Gasteiger partial charge in [-0.25, -0.2) is 0 Å². The maximum atomic E-state index is 10.4. The number of hydrogen-bond acceptors (Lipinski definition) is 4. The molecule has 3 N–H and O–H groups in total. The van der Waals surface area contributed by atoms with E-state index in [4.69, 9.17) is 0 Å². The number of benzene rings is 2. The van der Waals surface area contributed by atoms with Crippen molar-refractivity contribution in [2.45, 2.75) is 33.4 Å². The van der Waals surface area contributed by atoms with Crippen molar-refractivity contribution in [3.05, 3.63) is 59.7 Å². The molecule has 0 bridgehead atoms. The zero-order valence-electron chi connectivity index (χ0n) is 15.6. The first-order valence-electron chi connectivity index (χ1n) is 9.20. The molecule has 0 heterocycles. The van der Waals surface area contributed by atoms with E-state index >= 15 is 0 Å². The van der Waals surface area contributed by atoms with Crippen LogP contribution in [0.25, 0.3) is 0 Å². The van der Waals surface area contributed by atoms with E-state index < -0.39 is 6.23 Å². The number of aryl methyl sites for hydroxylation is 1. The fraction of sp³-hybridized carbons (Fsp3) is 0.429. The molecule has 0 amide bonds. The molecule has 0 aliphatic carbocycles. The standard InChI is InChI=1S/C21H31N3O/c1-4-24(5-2)15-9-14-22-21(25)18-12-13-20(17(3)16-18)23-19-10-7-6-8-11-19/h6-8,10-13,16,21-23,25H,4-5,9,14-15H2,1-3H3. The number of rotatable bonds is 10. The Balaban J connectivity index is 1.86. The summed E-state index contributed by atoms with van der Waals surface area (Å²) in [6, 6.07) is 16.1. The SMILES string of the molecule is CCN(CC)CCCNC(O)c1ccc(Nc2ccccc2)c(C)c1. The second-order valence-corrected chi connectivity index (χ2v) is 6.30. The number of para-hydroxylation sites is 1. The first-order valence-corrected chi connectivity index (χ1v) is 9.20. The van der Waals surface area contributed by atoms with Crippen LogP contribution in [0.2, 0.25) is 0 Å². The third kappa shape index (κ3) is 6.16. The Kier molecular flexibility index (Phi) is 7.92. The molecule has 0 aromatic heterocycles. The van der Waals surface area contributed by atoms with Crippen LogP contribution in [0.15, 0.2) is 48.5 Å². The first kappa shape index (κ1) is 19.4. The molecule has 4 nitrogen and oxygen atoms in total. The van der Waals surface area contributed by atoms with E-state index in [0.29, 0.717) is 0 Å². The highest BCUT2D eigenvalue weighted by Gasteiger charge is 2.09. The smallest absolute Gasteiger partial charge is 0.131 e. The van der Waals surface area contributed by atoms with Gasteiger partial charge in [0.25, 0.3) is 0 Å². The Morgan fingerprint density at radius 2 is 1.76 bits per heavy atom. The number of nitrogens with zero attached hydrogens (tertiary/aromatic N) is 1. The van der Waals surface area contributed by atoms with Gasteiger partial charge in [0, 0.05) is 11.4 Å². The molecule has 0 aliphatic rings. The molecule has 2 aromatic rings. The van der Waals surface area contributed by atoms with Gasteiger partial charge in [0.1, 0.15) is 6.23 Å². The number of anilines is 2. The molecule has 0 radical (unpaired) electrons. The lowest BCUT2D eigenvalue weighted by Crippen LogP contribution is -2.28. The van der Waals surface area contributed by atoms with Gasteiger partial charge >= 0.3 is 0 Å². The summed E-state index contributed by atoms with van der Waals surface area (Å²) in [4.78, 5) is 2.39. The van der Waals surface area contributed by atoms with Gasteiger partial charge in [-0.05, 0) is 68.8 Å². The van der Waals surface area contributed by atoms with Crippen LogP contribution < -0.4 is 10.6 Å². The highest BCUT2D eigenvalue weighted by atomic mass is 16.3. The van der Waals surface area contributed by atoms with Crippen molar-refractivity contribution in [2.24, 2.45) is 0 Å². The average molecular weight is 341 g/mol. The van der Waals surface area contributed by atoms with Gasteiger partial charge in [0.05, 0.1) is 0 Å². The summed E-state index contributed by atoms with van der Waals surface area (Å²) in [7, 11) is 0. The third-order valence-corrected chi connectivity index (χ3v) is 4.50. The molecule has 0 saturated carbocycles. The van der Waals surface area contributed by atoms with Gasteiger partial charge in [0.2, 0.25) is 0 Å². The van der Waals surface area contributed by atoms with Gasteiger partial charge in [-0.1, -0.05) is 44.2 Å². The minimum absolute atomic E-state index is 0.624. The Morgan fingerprint density at radius 1 is 1.04 bits per heavy atom. The molecular weight excluding hydrogens is 310 g/mol. The molecule has 2 rings (SSSR count). The van der Waals surface area contributed by atoms with Crippen LogP contribution in [0.4, 0.5) is 11.4 Å². The van der Waals surface area contributed by atoms with Gasteiger partial charge in [-0.2, -0.15) is 0 Å². The summed E-state index contributed by atoms with van der Waals surface area (Å²) in [5.74, 6) is 0. The minimum Gasteiger partial charge on any atom is -0.374 e. The van der Waals surface area contributed by atoms with Crippen LogP contribution in [0.3, 0.4) is 0 Å². The first-order chi connectivity index (χ1) is 12.1. The molecule has 0 aliphatic heterocycles. The largest absolute Gasteiger partial charge is 0.374 e. The molecule has 0 fully saturated rings. The highest BCUT2D eigenvalue weighted by molar-refractivity contribution is 5.63. The second-order valence-electron chi connectivity index (χ2n) is 6.30. The van der Waals surface area contributed by atoms with E-state index in [1.165, 1.54) is 0 Å². The predicted octanol–water partition coefficient (Wildman–Crippen LogP) is 4.05. The summed E-state index contributed by atoms with van der Waals surface area (Å²) < 4.78 is 0. The fourth-order valence-corrected chi connectivity index (χ4v) is 2.87. The zero-order valence-corrected chi connectivity index (χ0v) is 15.6. The van der Waals surface area contributed by atoms with Gasteiger partial charge in [-0.15, -0.1) is 0 Å². The van der Waals surface area contributed by atoms with E-state index in [0.717, 1.165) is 55.1 Å². The number of hydrogen-bond donors (Lipinski definition) is 3. The number of aliphatic hydroxyl groups is 1. The Hall–Kier alpha value is -1.88. The second kappa shape index (κ2) is 10.2.